The van der Waals surface area contributed by atoms with Crippen LogP contribution >= 0.6 is 0 Å². The Hall–Kier alpha value is -2.24. The molecule has 1 aliphatic carbocycles. The van der Waals surface area contributed by atoms with E-state index in [1.807, 2.05) is 10.9 Å². The standard InChI is InChI=1S/C21H22FN3O/c1-13-6-20-14(10-24-25(20)17-4-2-16(22)3-5-17)7-19(13)21-9-18(26)8-15(21)11-23-12-21/h2-7,10,15,18,23,26H,8-9,11-12H2,1H3. The van der Waals surface area contributed by atoms with Crippen LogP contribution < -0.4 is 5.32 Å². The molecule has 3 atom stereocenters. The number of aryl methyl sites for hydroxylation is 1. The van der Waals surface area contributed by atoms with Crippen molar-refractivity contribution in [1.29, 1.82) is 0 Å². The first-order valence-corrected chi connectivity index (χ1v) is 9.20. The number of rotatable bonds is 2. The summed E-state index contributed by atoms with van der Waals surface area (Å²) in [6, 6.07) is 10.8. The zero-order chi connectivity index (χ0) is 17.9. The summed E-state index contributed by atoms with van der Waals surface area (Å²) in [5.74, 6) is 0.239. The van der Waals surface area contributed by atoms with Crippen molar-refractivity contribution in [2.75, 3.05) is 13.1 Å². The summed E-state index contributed by atoms with van der Waals surface area (Å²) in [5, 5.41) is 19.4. The Balaban J connectivity index is 1.64. The van der Waals surface area contributed by atoms with Gasteiger partial charge in [-0.2, -0.15) is 5.10 Å². The molecule has 0 spiro atoms. The molecule has 1 aliphatic heterocycles. The lowest BCUT2D eigenvalue weighted by Crippen LogP contribution is -2.32. The summed E-state index contributed by atoms with van der Waals surface area (Å²) >= 11 is 0. The summed E-state index contributed by atoms with van der Waals surface area (Å²) in [4.78, 5) is 0. The van der Waals surface area contributed by atoms with E-state index < -0.39 is 0 Å². The van der Waals surface area contributed by atoms with Crippen LogP contribution in [0.15, 0.2) is 42.6 Å². The van der Waals surface area contributed by atoms with Gasteiger partial charge in [-0.05, 0) is 79.8 Å². The Bertz CT molecular complexity index is 981. The van der Waals surface area contributed by atoms with Crippen LogP contribution in [0.1, 0.15) is 24.0 Å². The second kappa shape index (κ2) is 5.63. The molecule has 2 aliphatic rings. The molecule has 2 N–H and O–H groups in total. The minimum atomic E-state index is -0.248. The number of benzene rings is 2. The third-order valence-corrected chi connectivity index (χ3v) is 6.29. The van der Waals surface area contributed by atoms with Gasteiger partial charge in [-0.1, -0.05) is 0 Å². The smallest absolute Gasteiger partial charge is 0.123 e. The number of nitrogens with zero attached hydrogens (tertiary/aromatic N) is 2. The third kappa shape index (κ3) is 2.24. The molecular weight excluding hydrogens is 329 g/mol. The molecule has 4 nitrogen and oxygen atoms in total. The quantitative estimate of drug-likeness (QED) is 0.746. The van der Waals surface area contributed by atoms with Crippen LogP contribution in [-0.2, 0) is 5.41 Å². The van der Waals surface area contributed by atoms with Crippen molar-refractivity contribution < 1.29 is 9.50 Å². The third-order valence-electron chi connectivity index (χ3n) is 6.29. The van der Waals surface area contributed by atoms with Crippen molar-refractivity contribution in [2.45, 2.75) is 31.3 Å². The molecule has 2 aromatic carbocycles. The van der Waals surface area contributed by atoms with Gasteiger partial charge in [0.25, 0.3) is 0 Å². The van der Waals surface area contributed by atoms with Gasteiger partial charge in [0.15, 0.2) is 0 Å². The molecule has 3 unspecified atom stereocenters. The van der Waals surface area contributed by atoms with Crippen LogP contribution in [-0.4, -0.2) is 34.1 Å². The highest BCUT2D eigenvalue weighted by Crippen LogP contribution is 2.49. The Morgan fingerprint density at radius 3 is 2.88 bits per heavy atom. The normalized spacial score (nSPS) is 28.0. The Morgan fingerprint density at radius 1 is 1.27 bits per heavy atom. The van der Waals surface area contributed by atoms with Crippen LogP contribution in [0.25, 0.3) is 16.6 Å². The summed E-state index contributed by atoms with van der Waals surface area (Å²) in [6.07, 6.45) is 3.36. The lowest BCUT2D eigenvalue weighted by molar-refractivity contribution is 0.170. The summed E-state index contributed by atoms with van der Waals surface area (Å²) in [6.45, 7) is 4.04. The fourth-order valence-corrected chi connectivity index (χ4v) is 5.12. The molecule has 5 heteroatoms. The maximum Gasteiger partial charge on any atom is 0.123 e. The molecule has 1 aromatic heterocycles. The topological polar surface area (TPSA) is 50.1 Å². The SMILES string of the molecule is Cc1cc2c(cnn2-c2ccc(F)cc2)cc1C12CNCC1CC(O)C2. The minimum absolute atomic E-state index is 0.0235. The van der Waals surface area contributed by atoms with Gasteiger partial charge in [0.2, 0.25) is 0 Å². The minimum Gasteiger partial charge on any atom is -0.393 e. The van der Waals surface area contributed by atoms with E-state index in [9.17, 15) is 9.50 Å². The largest absolute Gasteiger partial charge is 0.393 e. The fourth-order valence-electron chi connectivity index (χ4n) is 5.12. The lowest BCUT2D eigenvalue weighted by atomic mass is 9.72. The molecule has 0 bridgehead atoms. The van der Waals surface area contributed by atoms with Gasteiger partial charge in [-0.15, -0.1) is 0 Å². The average Bonchev–Trinajstić information content (AvgIpc) is 3.27. The average molecular weight is 351 g/mol. The van der Waals surface area contributed by atoms with E-state index in [1.54, 1.807) is 12.1 Å². The fraction of sp³-hybridized carbons (Fsp3) is 0.381. The van der Waals surface area contributed by atoms with Crippen molar-refractivity contribution in [2.24, 2.45) is 5.92 Å². The zero-order valence-corrected chi connectivity index (χ0v) is 14.7. The first-order valence-electron chi connectivity index (χ1n) is 9.20. The molecule has 1 saturated carbocycles. The van der Waals surface area contributed by atoms with Crippen LogP contribution in [0.3, 0.4) is 0 Å². The lowest BCUT2D eigenvalue weighted by Gasteiger charge is -2.31. The van der Waals surface area contributed by atoms with Gasteiger partial charge in [0.05, 0.1) is 23.5 Å². The van der Waals surface area contributed by atoms with Gasteiger partial charge < -0.3 is 10.4 Å². The highest BCUT2D eigenvalue weighted by Gasteiger charge is 2.51. The van der Waals surface area contributed by atoms with Gasteiger partial charge in [0.1, 0.15) is 5.82 Å². The van der Waals surface area contributed by atoms with E-state index in [0.717, 1.165) is 42.5 Å². The highest BCUT2D eigenvalue weighted by atomic mass is 19.1. The number of aliphatic hydroxyl groups is 1. The summed E-state index contributed by atoms with van der Waals surface area (Å²) in [5.41, 5.74) is 4.45. The molecule has 26 heavy (non-hydrogen) atoms. The van der Waals surface area contributed by atoms with Crippen molar-refractivity contribution >= 4 is 10.9 Å². The number of hydrogen-bond donors (Lipinski definition) is 2. The monoisotopic (exact) mass is 351 g/mol. The molecule has 134 valence electrons. The van der Waals surface area contributed by atoms with E-state index in [2.05, 4.69) is 29.5 Å². The molecule has 1 saturated heterocycles. The van der Waals surface area contributed by atoms with E-state index in [-0.39, 0.29) is 17.3 Å². The maximum atomic E-state index is 13.2. The number of nitrogens with one attached hydrogen (secondary N) is 1. The van der Waals surface area contributed by atoms with Gasteiger partial charge >= 0.3 is 0 Å². The van der Waals surface area contributed by atoms with E-state index in [1.165, 1.54) is 23.3 Å². The van der Waals surface area contributed by atoms with Gasteiger partial charge in [0, 0.05) is 17.3 Å². The van der Waals surface area contributed by atoms with E-state index >= 15 is 0 Å². The van der Waals surface area contributed by atoms with Gasteiger partial charge in [-0.3, -0.25) is 0 Å². The molecular formula is C21H22FN3O. The first-order chi connectivity index (χ1) is 12.6. The maximum absolute atomic E-state index is 13.2. The number of fused-ring (bicyclic) bond motifs is 2. The van der Waals surface area contributed by atoms with Crippen molar-refractivity contribution in [3.63, 3.8) is 0 Å². The van der Waals surface area contributed by atoms with E-state index in [0.29, 0.717) is 5.92 Å². The Morgan fingerprint density at radius 2 is 2.08 bits per heavy atom. The van der Waals surface area contributed by atoms with Crippen molar-refractivity contribution in [1.82, 2.24) is 15.1 Å². The molecule has 0 radical (unpaired) electrons. The van der Waals surface area contributed by atoms with Crippen LogP contribution in [0, 0.1) is 18.7 Å². The van der Waals surface area contributed by atoms with Crippen LogP contribution in [0.2, 0.25) is 0 Å². The summed E-state index contributed by atoms with van der Waals surface area (Å²) < 4.78 is 15.1. The van der Waals surface area contributed by atoms with Crippen molar-refractivity contribution in [3.8, 4) is 5.69 Å². The first kappa shape index (κ1) is 16.0. The number of halogens is 1. The van der Waals surface area contributed by atoms with E-state index in [4.69, 9.17) is 0 Å². The number of aliphatic hydroxyl groups excluding tert-OH is 1. The highest BCUT2D eigenvalue weighted by molar-refractivity contribution is 5.82. The van der Waals surface area contributed by atoms with Crippen molar-refractivity contribution in [3.05, 3.63) is 59.5 Å². The molecule has 2 heterocycles. The van der Waals surface area contributed by atoms with Crippen LogP contribution in [0.4, 0.5) is 4.39 Å². The molecule has 5 rings (SSSR count). The predicted molar refractivity (Wildman–Crippen MR) is 99.0 cm³/mol. The Labute approximate surface area is 151 Å². The van der Waals surface area contributed by atoms with Gasteiger partial charge in [-0.25, -0.2) is 9.07 Å². The van der Waals surface area contributed by atoms with Crippen LogP contribution in [0.5, 0.6) is 0 Å². The molecule has 2 fully saturated rings. The summed E-state index contributed by atoms with van der Waals surface area (Å²) in [7, 11) is 0. The number of aromatic nitrogens is 2. The Kier molecular flexibility index (Phi) is 3.46. The number of hydrogen-bond acceptors (Lipinski definition) is 3. The predicted octanol–water partition coefficient (Wildman–Crippen LogP) is 3.08. The second-order valence-electron chi connectivity index (χ2n) is 7.84. The molecule has 3 aromatic rings. The molecule has 0 amide bonds. The zero-order valence-electron chi connectivity index (χ0n) is 14.7. The second-order valence-corrected chi connectivity index (χ2v) is 7.84.